The first kappa shape index (κ1) is 14.5. The Balaban J connectivity index is 2.11. The molecule has 3 N–H and O–H groups in total. The number of nitrogens with one attached hydrogen (secondary N) is 2. The van der Waals surface area contributed by atoms with Crippen LogP contribution in [-0.2, 0) is 11.2 Å². The van der Waals surface area contributed by atoms with Crippen LogP contribution in [0, 0.1) is 0 Å². The topological polar surface area (TPSA) is 78.4 Å². The SMILES string of the molecule is CC(CCC(=O)O)NC(=O)NCCc1cccs1. The van der Waals surface area contributed by atoms with Crippen LogP contribution in [0.25, 0.3) is 0 Å². The van der Waals surface area contributed by atoms with Gasteiger partial charge < -0.3 is 15.7 Å². The second kappa shape index (κ2) is 7.71. The Kier molecular flexibility index (Phi) is 6.21. The van der Waals surface area contributed by atoms with Crippen molar-refractivity contribution in [2.45, 2.75) is 32.2 Å². The van der Waals surface area contributed by atoms with Crippen LogP contribution in [0.4, 0.5) is 4.79 Å². The summed E-state index contributed by atoms with van der Waals surface area (Å²) in [4.78, 5) is 23.1. The molecule has 0 aliphatic rings. The molecule has 18 heavy (non-hydrogen) atoms. The molecule has 0 aromatic carbocycles. The Morgan fingerprint density at radius 2 is 2.28 bits per heavy atom. The number of carboxylic acids is 1. The summed E-state index contributed by atoms with van der Waals surface area (Å²) in [6.45, 7) is 2.37. The average molecular weight is 270 g/mol. The molecule has 1 atom stereocenters. The van der Waals surface area contributed by atoms with Gasteiger partial charge in [-0.05, 0) is 31.2 Å². The number of carbonyl (C=O) groups is 2. The average Bonchev–Trinajstić information content (AvgIpc) is 2.79. The van der Waals surface area contributed by atoms with E-state index in [1.807, 2.05) is 17.5 Å². The number of hydrogen-bond acceptors (Lipinski definition) is 3. The number of thiophene rings is 1. The summed E-state index contributed by atoms with van der Waals surface area (Å²) in [6, 6.07) is 3.63. The van der Waals surface area contributed by atoms with Crippen LogP contribution in [0.5, 0.6) is 0 Å². The molecule has 1 heterocycles. The van der Waals surface area contributed by atoms with Gasteiger partial charge in [0, 0.05) is 23.9 Å². The molecule has 0 aliphatic carbocycles. The molecule has 0 bridgehead atoms. The summed E-state index contributed by atoms with van der Waals surface area (Å²) in [6.07, 6.45) is 1.32. The monoisotopic (exact) mass is 270 g/mol. The molecular weight excluding hydrogens is 252 g/mol. The Hall–Kier alpha value is -1.56. The highest BCUT2D eigenvalue weighted by atomic mass is 32.1. The van der Waals surface area contributed by atoms with E-state index < -0.39 is 5.97 Å². The maximum Gasteiger partial charge on any atom is 0.315 e. The first-order valence-electron chi connectivity index (χ1n) is 5.86. The van der Waals surface area contributed by atoms with Gasteiger partial charge in [-0.25, -0.2) is 4.79 Å². The maximum atomic E-state index is 11.5. The molecule has 0 aliphatic heterocycles. The minimum atomic E-state index is -0.846. The fraction of sp³-hybridized carbons (Fsp3) is 0.500. The van der Waals surface area contributed by atoms with Crippen molar-refractivity contribution < 1.29 is 14.7 Å². The van der Waals surface area contributed by atoms with Crippen molar-refractivity contribution in [3.63, 3.8) is 0 Å². The number of aliphatic carboxylic acids is 1. The number of amides is 2. The van der Waals surface area contributed by atoms with E-state index in [0.717, 1.165) is 6.42 Å². The van der Waals surface area contributed by atoms with Crippen LogP contribution in [0.2, 0.25) is 0 Å². The normalized spacial score (nSPS) is 11.8. The predicted octanol–water partition coefficient (Wildman–Crippen LogP) is 1.84. The number of carboxylic acid groups (broad SMARTS) is 1. The molecule has 0 spiro atoms. The quantitative estimate of drug-likeness (QED) is 0.707. The molecule has 2 amide bonds. The number of carbonyl (C=O) groups excluding carboxylic acids is 1. The highest BCUT2D eigenvalue weighted by Gasteiger charge is 2.08. The van der Waals surface area contributed by atoms with E-state index >= 15 is 0 Å². The van der Waals surface area contributed by atoms with Crippen molar-refractivity contribution in [3.05, 3.63) is 22.4 Å². The van der Waals surface area contributed by atoms with Gasteiger partial charge in [0.1, 0.15) is 0 Å². The lowest BCUT2D eigenvalue weighted by Gasteiger charge is -2.13. The van der Waals surface area contributed by atoms with Crippen molar-refractivity contribution in [2.24, 2.45) is 0 Å². The molecule has 6 heteroatoms. The van der Waals surface area contributed by atoms with E-state index in [9.17, 15) is 9.59 Å². The zero-order valence-corrected chi connectivity index (χ0v) is 11.1. The van der Waals surface area contributed by atoms with Crippen molar-refractivity contribution in [2.75, 3.05) is 6.54 Å². The lowest BCUT2D eigenvalue weighted by atomic mass is 10.2. The molecule has 0 fully saturated rings. The third-order valence-corrected chi connectivity index (χ3v) is 3.34. The Labute approximate surface area is 110 Å². The largest absolute Gasteiger partial charge is 0.481 e. The van der Waals surface area contributed by atoms with E-state index in [4.69, 9.17) is 5.11 Å². The van der Waals surface area contributed by atoms with E-state index in [2.05, 4.69) is 10.6 Å². The Morgan fingerprint density at radius 3 is 2.89 bits per heavy atom. The molecule has 1 rings (SSSR count). The molecule has 100 valence electrons. The lowest BCUT2D eigenvalue weighted by Crippen LogP contribution is -2.41. The summed E-state index contributed by atoms with van der Waals surface area (Å²) >= 11 is 1.66. The van der Waals surface area contributed by atoms with Crippen LogP contribution in [0.3, 0.4) is 0 Å². The Morgan fingerprint density at radius 1 is 1.50 bits per heavy atom. The smallest absolute Gasteiger partial charge is 0.315 e. The summed E-state index contributed by atoms with van der Waals surface area (Å²) in [7, 11) is 0. The second-order valence-electron chi connectivity index (χ2n) is 4.06. The molecular formula is C12H18N2O3S. The molecule has 5 nitrogen and oxygen atoms in total. The van der Waals surface area contributed by atoms with E-state index in [0.29, 0.717) is 13.0 Å². The third kappa shape index (κ3) is 6.24. The van der Waals surface area contributed by atoms with Gasteiger partial charge in [0.2, 0.25) is 0 Å². The van der Waals surface area contributed by atoms with E-state index in [1.165, 1.54) is 4.88 Å². The van der Waals surface area contributed by atoms with Crippen molar-refractivity contribution in [3.8, 4) is 0 Å². The van der Waals surface area contributed by atoms with Crippen molar-refractivity contribution in [1.29, 1.82) is 0 Å². The highest BCUT2D eigenvalue weighted by molar-refractivity contribution is 7.09. The number of urea groups is 1. The molecule has 1 unspecified atom stereocenters. The fourth-order valence-corrected chi connectivity index (χ4v) is 2.15. The molecule has 1 aromatic rings. The van der Waals surface area contributed by atoms with Gasteiger partial charge in [0.05, 0.1) is 0 Å². The van der Waals surface area contributed by atoms with E-state index in [1.54, 1.807) is 18.3 Å². The van der Waals surface area contributed by atoms with Crippen LogP contribution in [0.15, 0.2) is 17.5 Å². The lowest BCUT2D eigenvalue weighted by molar-refractivity contribution is -0.137. The molecule has 0 radical (unpaired) electrons. The predicted molar refractivity (Wildman–Crippen MR) is 70.9 cm³/mol. The minimum Gasteiger partial charge on any atom is -0.481 e. The summed E-state index contributed by atoms with van der Waals surface area (Å²) in [5, 5.41) is 16.0. The first-order chi connectivity index (χ1) is 8.58. The van der Waals surface area contributed by atoms with Crippen molar-refractivity contribution in [1.82, 2.24) is 10.6 Å². The van der Waals surface area contributed by atoms with Gasteiger partial charge in [-0.3, -0.25) is 4.79 Å². The van der Waals surface area contributed by atoms with Crippen LogP contribution in [0.1, 0.15) is 24.6 Å². The number of rotatable bonds is 7. The fourth-order valence-electron chi connectivity index (χ4n) is 1.44. The van der Waals surface area contributed by atoms with E-state index in [-0.39, 0.29) is 18.5 Å². The van der Waals surface area contributed by atoms with Crippen molar-refractivity contribution >= 4 is 23.3 Å². The molecule has 0 saturated heterocycles. The van der Waals surface area contributed by atoms with Crippen LogP contribution < -0.4 is 10.6 Å². The summed E-state index contributed by atoms with van der Waals surface area (Å²) in [5.41, 5.74) is 0. The van der Waals surface area contributed by atoms with Gasteiger partial charge in [0.25, 0.3) is 0 Å². The van der Waals surface area contributed by atoms with Gasteiger partial charge >= 0.3 is 12.0 Å². The first-order valence-corrected chi connectivity index (χ1v) is 6.74. The highest BCUT2D eigenvalue weighted by Crippen LogP contribution is 2.07. The zero-order chi connectivity index (χ0) is 13.4. The number of hydrogen-bond donors (Lipinski definition) is 3. The van der Waals surface area contributed by atoms with Gasteiger partial charge in [-0.15, -0.1) is 11.3 Å². The molecule has 1 aromatic heterocycles. The van der Waals surface area contributed by atoms with Crippen LogP contribution in [-0.4, -0.2) is 29.7 Å². The Bertz CT molecular complexity index is 379. The van der Waals surface area contributed by atoms with Gasteiger partial charge in [-0.2, -0.15) is 0 Å². The molecule has 0 saturated carbocycles. The second-order valence-corrected chi connectivity index (χ2v) is 5.10. The standard InChI is InChI=1S/C12H18N2O3S/c1-9(4-5-11(15)16)14-12(17)13-7-6-10-3-2-8-18-10/h2-3,8-9H,4-7H2,1H3,(H,15,16)(H2,13,14,17). The summed E-state index contributed by atoms with van der Waals surface area (Å²) < 4.78 is 0. The van der Waals surface area contributed by atoms with Gasteiger partial charge in [-0.1, -0.05) is 6.07 Å². The van der Waals surface area contributed by atoms with Gasteiger partial charge in [0.15, 0.2) is 0 Å². The van der Waals surface area contributed by atoms with Crippen LogP contribution >= 0.6 is 11.3 Å². The summed E-state index contributed by atoms with van der Waals surface area (Å²) in [5.74, 6) is -0.846. The maximum absolute atomic E-state index is 11.5. The third-order valence-electron chi connectivity index (χ3n) is 2.41. The zero-order valence-electron chi connectivity index (χ0n) is 10.3. The minimum absolute atomic E-state index is 0.0661.